The highest BCUT2D eigenvalue weighted by atomic mass is 16.4. The third-order valence-corrected chi connectivity index (χ3v) is 5.21. The lowest BCUT2D eigenvalue weighted by Gasteiger charge is -2.53. The van der Waals surface area contributed by atoms with E-state index in [2.05, 4.69) is 0 Å². The van der Waals surface area contributed by atoms with Crippen LogP contribution in [0.4, 0.5) is 0 Å². The summed E-state index contributed by atoms with van der Waals surface area (Å²) in [6.45, 7) is 19.7. The summed E-state index contributed by atoms with van der Waals surface area (Å²) in [4.78, 5) is 12.0. The summed E-state index contributed by atoms with van der Waals surface area (Å²) in [7, 11) is 0. The van der Waals surface area contributed by atoms with Crippen LogP contribution in [0.5, 0.6) is 0 Å². The molecule has 0 saturated carbocycles. The zero-order valence-corrected chi connectivity index (χ0v) is 13.9. The van der Waals surface area contributed by atoms with Crippen molar-refractivity contribution in [1.29, 1.82) is 0 Å². The Bertz CT molecular complexity index is 328. The van der Waals surface area contributed by atoms with Gasteiger partial charge in [0.05, 0.1) is 5.89 Å². The molecule has 0 radical (unpaired) electrons. The molecule has 0 heterocycles. The highest BCUT2D eigenvalue weighted by molar-refractivity contribution is 5.72. The molecule has 18 heavy (non-hydrogen) atoms. The van der Waals surface area contributed by atoms with Crippen LogP contribution in [0.25, 0.3) is 0 Å². The molecule has 2 nitrogen and oxygen atoms in total. The first kappa shape index (κ1) is 15.5. The molecule has 0 aliphatic carbocycles. The summed E-state index contributed by atoms with van der Waals surface area (Å²) >= 11 is 0. The van der Waals surface area contributed by atoms with Crippen molar-refractivity contribution in [3.63, 3.8) is 0 Å². The largest absolute Gasteiger partial charge is 0.481 e. The summed E-state index contributed by atoms with van der Waals surface area (Å²) < 4.78 is 8.89. The predicted octanol–water partition coefficient (Wildman–Crippen LogP) is 4.83. The van der Waals surface area contributed by atoms with E-state index in [9.17, 15) is 9.90 Å². The van der Waals surface area contributed by atoms with Gasteiger partial charge >= 0.3 is 5.97 Å². The van der Waals surface area contributed by atoms with Crippen LogP contribution in [0.15, 0.2) is 0 Å². The molecule has 0 saturated heterocycles. The van der Waals surface area contributed by atoms with Crippen LogP contribution in [0.3, 0.4) is 0 Å². The van der Waals surface area contributed by atoms with E-state index < -0.39 is 22.7 Å². The summed E-state index contributed by atoms with van der Waals surface area (Å²) in [5, 5.41) is 9.84. The molecule has 0 aromatic carbocycles. The number of aliphatic carboxylic acids is 1. The van der Waals surface area contributed by atoms with E-state index in [1.807, 2.05) is 69.2 Å². The average molecular weight is 257 g/mol. The van der Waals surface area contributed by atoms with Crippen molar-refractivity contribution in [1.82, 2.24) is 0 Å². The third-order valence-electron chi connectivity index (χ3n) is 5.21. The van der Waals surface area contributed by atoms with Gasteiger partial charge in [0.25, 0.3) is 0 Å². The zero-order valence-electron chi connectivity index (χ0n) is 14.9. The Hall–Kier alpha value is -0.530. The molecule has 0 atom stereocenters. The lowest BCUT2D eigenvalue weighted by atomic mass is 9.50. The molecule has 0 aliphatic heterocycles. The Balaban J connectivity index is 6.30. The number of hydrogen-bond acceptors (Lipinski definition) is 1. The molecular formula is C16H32O2. The van der Waals surface area contributed by atoms with Gasteiger partial charge in [0.2, 0.25) is 0 Å². The van der Waals surface area contributed by atoms with Gasteiger partial charge < -0.3 is 5.11 Å². The van der Waals surface area contributed by atoms with Crippen molar-refractivity contribution in [2.75, 3.05) is 0 Å². The van der Waals surface area contributed by atoms with Crippen molar-refractivity contribution in [3.05, 3.63) is 0 Å². The summed E-state index contributed by atoms with van der Waals surface area (Å²) in [6.07, 6.45) is 0. The first-order valence-electron chi connectivity index (χ1n) is 7.18. The summed E-state index contributed by atoms with van der Waals surface area (Å²) in [5.74, 6) is -2.61. The highest BCUT2D eigenvalue weighted by Gasteiger charge is 2.54. The van der Waals surface area contributed by atoms with Crippen LogP contribution in [-0.4, -0.2) is 11.1 Å². The van der Waals surface area contributed by atoms with Gasteiger partial charge in [0, 0.05) is 1.37 Å². The topological polar surface area (TPSA) is 37.3 Å². The molecule has 0 bridgehead atoms. The predicted molar refractivity (Wildman–Crippen MR) is 77.6 cm³/mol. The van der Waals surface area contributed by atoms with E-state index in [1.54, 1.807) is 0 Å². The second kappa shape index (κ2) is 4.54. The Kier molecular flexibility index (Phi) is 3.92. The van der Waals surface area contributed by atoms with Gasteiger partial charge in [0.15, 0.2) is 0 Å². The van der Waals surface area contributed by atoms with Gasteiger partial charge in [0.1, 0.15) is 0 Å². The Labute approximate surface area is 115 Å². The fourth-order valence-corrected chi connectivity index (χ4v) is 2.07. The van der Waals surface area contributed by atoms with Crippen molar-refractivity contribution in [2.24, 2.45) is 27.6 Å². The normalized spacial score (nSPS) is 16.4. The number of hydrogen-bond donors (Lipinski definition) is 1. The molecule has 0 rings (SSSR count). The maximum atomic E-state index is 12.0. The standard InChI is InChI=1S/C16H32O2/c1-13(2,3)15(7,8)11(12(17)18)16(9,10)14(4,5)6/h11H,1-10H3,(H,17,18)/i11D. The Morgan fingerprint density at radius 1 is 0.833 bits per heavy atom. The molecule has 0 unspecified atom stereocenters. The van der Waals surface area contributed by atoms with E-state index in [1.165, 1.54) is 0 Å². The molecule has 108 valence electrons. The quantitative estimate of drug-likeness (QED) is 0.786. The van der Waals surface area contributed by atoms with Crippen molar-refractivity contribution < 1.29 is 11.3 Å². The minimum atomic E-state index is -1.57. The Morgan fingerprint density at radius 3 is 1.17 bits per heavy atom. The molecule has 0 aromatic rings. The first-order valence-corrected chi connectivity index (χ1v) is 6.68. The van der Waals surface area contributed by atoms with Gasteiger partial charge in [-0.15, -0.1) is 0 Å². The van der Waals surface area contributed by atoms with Gasteiger partial charge in [-0.25, -0.2) is 0 Å². The zero-order chi connectivity index (χ0) is 16.1. The van der Waals surface area contributed by atoms with Crippen LogP contribution < -0.4 is 0 Å². The van der Waals surface area contributed by atoms with E-state index >= 15 is 0 Å². The molecule has 2 heteroatoms. The second-order valence-electron chi connectivity index (χ2n) is 8.43. The smallest absolute Gasteiger partial charge is 0.307 e. The van der Waals surface area contributed by atoms with Crippen molar-refractivity contribution in [3.8, 4) is 0 Å². The second-order valence-corrected chi connectivity index (χ2v) is 8.43. The minimum Gasteiger partial charge on any atom is -0.481 e. The molecular weight excluding hydrogens is 224 g/mol. The van der Waals surface area contributed by atoms with Gasteiger partial charge in [-0.1, -0.05) is 69.2 Å². The van der Waals surface area contributed by atoms with Crippen LogP contribution in [0.1, 0.15) is 70.6 Å². The van der Waals surface area contributed by atoms with Crippen molar-refractivity contribution in [2.45, 2.75) is 69.2 Å². The molecule has 1 N–H and O–H groups in total. The van der Waals surface area contributed by atoms with Crippen LogP contribution >= 0.6 is 0 Å². The molecule has 0 amide bonds. The molecule has 0 fully saturated rings. The number of rotatable bonds is 3. The fraction of sp³-hybridized carbons (Fsp3) is 0.938. The number of carboxylic acid groups (broad SMARTS) is 1. The van der Waals surface area contributed by atoms with E-state index in [-0.39, 0.29) is 10.8 Å². The van der Waals surface area contributed by atoms with Crippen LogP contribution in [-0.2, 0) is 4.79 Å². The summed E-state index contributed by atoms with van der Waals surface area (Å²) in [6, 6.07) is 0. The van der Waals surface area contributed by atoms with Crippen LogP contribution in [0.2, 0.25) is 0 Å². The maximum absolute atomic E-state index is 12.0. The summed E-state index contributed by atoms with van der Waals surface area (Å²) in [5.41, 5.74) is -1.92. The van der Waals surface area contributed by atoms with E-state index in [0.29, 0.717) is 0 Å². The van der Waals surface area contributed by atoms with Gasteiger partial charge in [-0.05, 0) is 21.7 Å². The molecule has 0 aromatic heterocycles. The monoisotopic (exact) mass is 257 g/mol. The molecule has 0 aliphatic rings. The fourth-order valence-electron chi connectivity index (χ4n) is 2.07. The minimum absolute atomic E-state index is 0.282. The molecule has 0 spiro atoms. The number of carbonyl (C=O) groups is 1. The number of carboxylic acids is 1. The maximum Gasteiger partial charge on any atom is 0.307 e. The van der Waals surface area contributed by atoms with Gasteiger partial charge in [-0.3, -0.25) is 4.79 Å². The highest BCUT2D eigenvalue weighted by Crippen LogP contribution is 2.56. The lowest BCUT2D eigenvalue weighted by molar-refractivity contribution is -0.164. The van der Waals surface area contributed by atoms with E-state index in [4.69, 9.17) is 1.37 Å². The lowest BCUT2D eigenvalue weighted by Crippen LogP contribution is -2.52. The SMILES string of the molecule is [2H]C(C(=O)O)(C(C)(C)C(C)(C)C)C(C)(C)C(C)(C)C. The van der Waals surface area contributed by atoms with Crippen LogP contribution in [0, 0.1) is 27.6 Å². The van der Waals surface area contributed by atoms with Gasteiger partial charge in [-0.2, -0.15) is 0 Å². The first-order chi connectivity index (χ1) is 7.94. The van der Waals surface area contributed by atoms with E-state index in [0.717, 1.165) is 0 Å². The Morgan fingerprint density at radius 2 is 1.06 bits per heavy atom. The van der Waals surface area contributed by atoms with Crippen molar-refractivity contribution >= 4 is 5.97 Å². The average Bonchev–Trinajstić information content (AvgIpc) is 2.11. The third kappa shape index (κ3) is 2.89.